The van der Waals surface area contributed by atoms with Crippen LogP contribution in [0, 0.1) is 0 Å². The van der Waals surface area contributed by atoms with E-state index in [4.69, 9.17) is 4.74 Å². The first-order chi connectivity index (χ1) is 10.7. The van der Waals surface area contributed by atoms with Crippen LogP contribution >= 0.6 is 27.3 Å². The lowest BCUT2D eigenvalue weighted by molar-refractivity contribution is -0.123. The fourth-order valence-corrected chi connectivity index (χ4v) is 3.08. The molecule has 2 aromatic rings. The number of hydrogen-bond acceptors (Lipinski definition) is 4. The molecule has 1 aromatic carbocycles. The molecule has 0 aliphatic rings. The smallest absolute Gasteiger partial charge is 0.277 e. The average Bonchev–Trinajstić information content (AvgIpc) is 2.92. The number of rotatable bonds is 7. The third kappa shape index (κ3) is 5.61. The molecule has 116 valence electrons. The second-order valence-corrected chi connectivity index (χ2v) is 7.11. The zero-order valence-electron chi connectivity index (χ0n) is 12.2. The maximum Gasteiger partial charge on any atom is 0.277 e. The molecular formula is C16H17BrN2O2S. The highest BCUT2D eigenvalue weighted by molar-refractivity contribution is 9.11. The van der Waals surface area contributed by atoms with Crippen LogP contribution in [0.2, 0.25) is 0 Å². The molecule has 22 heavy (non-hydrogen) atoms. The topological polar surface area (TPSA) is 50.7 Å². The fraction of sp³-hybridized carbons (Fsp3) is 0.250. The highest BCUT2D eigenvalue weighted by atomic mass is 79.9. The summed E-state index contributed by atoms with van der Waals surface area (Å²) in [5.74, 6) is 0.394. The van der Waals surface area contributed by atoms with Gasteiger partial charge in [0.05, 0.1) is 10.0 Å². The van der Waals surface area contributed by atoms with Crippen LogP contribution in [0.4, 0.5) is 0 Å². The summed E-state index contributed by atoms with van der Waals surface area (Å²) in [7, 11) is 0. The maximum atomic E-state index is 11.6. The van der Waals surface area contributed by atoms with Crippen LogP contribution in [0.25, 0.3) is 0 Å². The monoisotopic (exact) mass is 380 g/mol. The first-order valence-electron chi connectivity index (χ1n) is 6.96. The van der Waals surface area contributed by atoms with Gasteiger partial charge in [0.25, 0.3) is 5.91 Å². The van der Waals surface area contributed by atoms with Crippen LogP contribution in [0.3, 0.4) is 0 Å². The van der Waals surface area contributed by atoms with E-state index in [-0.39, 0.29) is 12.5 Å². The summed E-state index contributed by atoms with van der Waals surface area (Å²) in [6.45, 7) is 2.09. The van der Waals surface area contributed by atoms with E-state index in [0.29, 0.717) is 5.75 Å². The Morgan fingerprint density at radius 3 is 2.73 bits per heavy atom. The molecule has 6 heteroatoms. The van der Waals surface area contributed by atoms with E-state index < -0.39 is 0 Å². The van der Waals surface area contributed by atoms with Crippen molar-refractivity contribution in [2.75, 3.05) is 6.61 Å². The van der Waals surface area contributed by atoms with Crippen molar-refractivity contribution in [1.82, 2.24) is 5.43 Å². The van der Waals surface area contributed by atoms with E-state index in [1.165, 1.54) is 16.9 Å². The van der Waals surface area contributed by atoms with Crippen LogP contribution in [-0.4, -0.2) is 18.7 Å². The number of amides is 1. The summed E-state index contributed by atoms with van der Waals surface area (Å²) in [6, 6.07) is 11.6. The first kappa shape index (κ1) is 16.7. The number of halogens is 1. The van der Waals surface area contributed by atoms with Gasteiger partial charge in [-0.2, -0.15) is 5.10 Å². The molecular weight excluding hydrogens is 364 g/mol. The van der Waals surface area contributed by atoms with Crippen molar-refractivity contribution >= 4 is 39.4 Å². The Morgan fingerprint density at radius 1 is 1.32 bits per heavy atom. The van der Waals surface area contributed by atoms with Gasteiger partial charge in [0.2, 0.25) is 0 Å². The zero-order valence-corrected chi connectivity index (χ0v) is 14.6. The number of hydrazone groups is 1. The molecule has 1 heterocycles. The van der Waals surface area contributed by atoms with Gasteiger partial charge in [-0.1, -0.05) is 25.5 Å². The summed E-state index contributed by atoms with van der Waals surface area (Å²) >= 11 is 4.91. The largest absolute Gasteiger partial charge is 0.484 e. The quantitative estimate of drug-likeness (QED) is 0.582. The van der Waals surface area contributed by atoms with Gasteiger partial charge >= 0.3 is 0 Å². The lowest BCUT2D eigenvalue weighted by Gasteiger charge is -2.06. The van der Waals surface area contributed by atoms with Crippen molar-refractivity contribution in [3.05, 3.63) is 50.6 Å². The van der Waals surface area contributed by atoms with Gasteiger partial charge in [0, 0.05) is 4.88 Å². The van der Waals surface area contributed by atoms with Gasteiger partial charge in [-0.15, -0.1) is 11.3 Å². The molecule has 1 amide bonds. The molecule has 0 radical (unpaired) electrons. The van der Waals surface area contributed by atoms with Gasteiger partial charge in [-0.05, 0) is 52.2 Å². The van der Waals surface area contributed by atoms with Gasteiger partial charge < -0.3 is 4.74 Å². The van der Waals surface area contributed by atoms with E-state index in [9.17, 15) is 4.79 Å². The predicted molar refractivity (Wildman–Crippen MR) is 93.7 cm³/mol. The molecule has 0 fully saturated rings. The Kier molecular flexibility index (Phi) is 6.61. The Hall–Kier alpha value is -1.66. The van der Waals surface area contributed by atoms with Crippen molar-refractivity contribution in [1.29, 1.82) is 0 Å². The molecule has 0 aliphatic heterocycles. The summed E-state index contributed by atoms with van der Waals surface area (Å²) in [4.78, 5) is 12.6. The molecule has 0 atom stereocenters. The molecule has 0 aliphatic carbocycles. The second kappa shape index (κ2) is 8.70. The number of ether oxygens (including phenoxy) is 1. The molecule has 1 N–H and O–H groups in total. The molecule has 2 rings (SSSR count). The third-order valence-corrected chi connectivity index (χ3v) is 4.37. The lowest BCUT2D eigenvalue weighted by Crippen LogP contribution is -2.24. The number of nitrogens with zero attached hydrogens (tertiary/aromatic N) is 1. The molecule has 0 unspecified atom stereocenters. The van der Waals surface area contributed by atoms with Crippen LogP contribution in [0.5, 0.6) is 5.75 Å². The van der Waals surface area contributed by atoms with Crippen molar-refractivity contribution in [3.8, 4) is 5.75 Å². The molecule has 0 bridgehead atoms. The molecule has 0 spiro atoms. The van der Waals surface area contributed by atoms with Crippen molar-refractivity contribution in [2.24, 2.45) is 5.10 Å². The minimum absolute atomic E-state index is 0.0569. The Bertz CT molecular complexity index is 638. The average molecular weight is 381 g/mol. The SMILES string of the molecule is CCCc1ccc(OCC(=O)N/N=C/c2ccc(Br)s2)cc1. The Balaban J connectivity index is 1.74. The van der Waals surface area contributed by atoms with Crippen molar-refractivity contribution < 1.29 is 9.53 Å². The van der Waals surface area contributed by atoms with Crippen LogP contribution in [0.15, 0.2) is 45.3 Å². The third-order valence-electron chi connectivity index (χ3n) is 2.81. The van der Waals surface area contributed by atoms with Gasteiger partial charge in [-0.25, -0.2) is 5.43 Å². The number of carbonyl (C=O) groups excluding carboxylic acids is 1. The normalized spacial score (nSPS) is 10.8. The van der Waals surface area contributed by atoms with E-state index >= 15 is 0 Å². The Labute approximate surface area is 142 Å². The lowest BCUT2D eigenvalue weighted by atomic mass is 10.1. The number of carbonyl (C=O) groups is 1. The van der Waals surface area contributed by atoms with Crippen molar-refractivity contribution in [3.63, 3.8) is 0 Å². The zero-order chi connectivity index (χ0) is 15.8. The predicted octanol–water partition coefficient (Wildman–Crippen LogP) is 3.99. The summed E-state index contributed by atoms with van der Waals surface area (Å²) in [6.07, 6.45) is 3.77. The minimum atomic E-state index is -0.287. The number of nitrogens with one attached hydrogen (secondary N) is 1. The molecule has 1 aromatic heterocycles. The van der Waals surface area contributed by atoms with E-state index in [1.807, 2.05) is 36.4 Å². The number of aryl methyl sites for hydroxylation is 1. The summed E-state index contributed by atoms with van der Waals surface area (Å²) in [5, 5.41) is 3.89. The van der Waals surface area contributed by atoms with Crippen LogP contribution < -0.4 is 10.2 Å². The van der Waals surface area contributed by atoms with E-state index in [2.05, 4.69) is 33.4 Å². The van der Waals surface area contributed by atoms with Crippen molar-refractivity contribution in [2.45, 2.75) is 19.8 Å². The number of benzene rings is 1. The number of thiophene rings is 1. The van der Waals surface area contributed by atoms with Crippen LogP contribution in [0.1, 0.15) is 23.8 Å². The van der Waals surface area contributed by atoms with Gasteiger partial charge in [0.15, 0.2) is 6.61 Å². The second-order valence-electron chi connectivity index (χ2n) is 4.62. The van der Waals surface area contributed by atoms with Crippen LogP contribution in [-0.2, 0) is 11.2 Å². The first-order valence-corrected chi connectivity index (χ1v) is 8.57. The van der Waals surface area contributed by atoms with E-state index in [1.54, 1.807) is 6.21 Å². The highest BCUT2D eigenvalue weighted by Gasteiger charge is 2.02. The summed E-state index contributed by atoms with van der Waals surface area (Å²) in [5.41, 5.74) is 3.71. The number of hydrogen-bond donors (Lipinski definition) is 1. The van der Waals surface area contributed by atoms with E-state index in [0.717, 1.165) is 21.5 Å². The summed E-state index contributed by atoms with van der Waals surface area (Å²) < 4.78 is 6.44. The minimum Gasteiger partial charge on any atom is -0.484 e. The maximum absolute atomic E-state index is 11.6. The van der Waals surface area contributed by atoms with Gasteiger partial charge in [-0.3, -0.25) is 4.79 Å². The standard InChI is InChI=1S/C16H17BrN2O2S/c1-2-3-12-4-6-13(7-5-12)21-11-16(20)19-18-10-14-8-9-15(17)22-14/h4-10H,2-3,11H2,1H3,(H,19,20)/b18-10+. The molecule has 0 saturated heterocycles. The fourth-order valence-electron chi connectivity index (χ4n) is 1.79. The molecule has 4 nitrogen and oxygen atoms in total. The Morgan fingerprint density at radius 2 is 2.09 bits per heavy atom. The van der Waals surface area contributed by atoms with Gasteiger partial charge in [0.1, 0.15) is 5.75 Å². The molecule has 0 saturated carbocycles. The highest BCUT2D eigenvalue weighted by Crippen LogP contribution is 2.20.